The highest BCUT2D eigenvalue weighted by atomic mass is 35.5. The third kappa shape index (κ3) is 3.80. The number of hydrogen-bond donors (Lipinski definition) is 1. The molecule has 0 amide bonds. The first-order valence-electron chi connectivity index (χ1n) is 6.55. The molecule has 0 aliphatic rings. The van der Waals surface area contributed by atoms with Gasteiger partial charge in [-0.2, -0.15) is 5.10 Å². The average Bonchev–Trinajstić information content (AvgIpc) is 2.52. The number of pyridine rings is 1. The Balaban J connectivity index is 2.18. The summed E-state index contributed by atoms with van der Waals surface area (Å²) in [5, 5.41) is 7.34. The molecule has 0 aliphatic heterocycles. The number of nitrogens with zero attached hydrogens (tertiary/aromatic N) is 3. The van der Waals surface area contributed by atoms with Crippen LogP contribution >= 0.6 is 11.6 Å². The fraction of sp³-hybridized carbons (Fsp3) is 0.357. The van der Waals surface area contributed by atoms with Crippen LogP contribution in [0, 0.1) is 0 Å². The summed E-state index contributed by atoms with van der Waals surface area (Å²) in [6, 6.07) is 5.57. The molecular weight excluding hydrogens is 292 g/mol. The zero-order chi connectivity index (χ0) is 15.2. The highest BCUT2D eigenvalue weighted by Gasteiger charge is 2.13. The lowest BCUT2D eigenvalue weighted by Crippen LogP contribution is -2.26. The van der Waals surface area contributed by atoms with Gasteiger partial charge in [0.25, 0.3) is 5.56 Å². The zero-order valence-corrected chi connectivity index (χ0v) is 12.7. The molecule has 0 saturated heterocycles. The van der Waals surface area contributed by atoms with Crippen molar-refractivity contribution in [2.75, 3.05) is 19.0 Å². The summed E-state index contributed by atoms with van der Waals surface area (Å²) in [7, 11) is 1.57. The number of methoxy groups -OCH3 is 1. The van der Waals surface area contributed by atoms with Gasteiger partial charge in [0.2, 0.25) is 0 Å². The van der Waals surface area contributed by atoms with Gasteiger partial charge in [-0.25, -0.2) is 4.68 Å². The molecule has 2 heterocycles. The smallest absolute Gasteiger partial charge is 0.287 e. The summed E-state index contributed by atoms with van der Waals surface area (Å²) in [4.78, 5) is 16.3. The van der Waals surface area contributed by atoms with Crippen LogP contribution in [0.15, 0.2) is 35.4 Å². The fourth-order valence-corrected chi connectivity index (χ4v) is 2.04. The Morgan fingerprint density at radius 3 is 2.95 bits per heavy atom. The summed E-state index contributed by atoms with van der Waals surface area (Å²) >= 11 is 6.11. The van der Waals surface area contributed by atoms with Gasteiger partial charge < -0.3 is 10.1 Å². The first kappa shape index (κ1) is 15.5. The molecule has 6 nitrogen and oxygen atoms in total. The van der Waals surface area contributed by atoms with Gasteiger partial charge in [0.15, 0.2) is 0 Å². The number of halogens is 1. The van der Waals surface area contributed by atoms with Crippen molar-refractivity contribution in [2.24, 2.45) is 0 Å². The van der Waals surface area contributed by atoms with Crippen molar-refractivity contribution in [1.82, 2.24) is 14.8 Å². The van der Waals surface area contributed by atoms with Crippen LogP contribution in [0.5, 0.6) is 0 Å². The number of rotatable bonds is 6. The van der Waals surface area contributed by atoms with Crippen LogP contribution in [-0.4, -0.2) is 28.5 Å². The predicted octanol–water partition coefficient (Wildman–Crippen LogP) is 2.11. The van der Waals surface area contributed by atoms with Crippen molar-refractivity contribution in [1.29, 1.82) is 0 Å². The molecule has 112 valence electrons. The van der Waals surface area contributed by atoms with Crippen molar-refractivity contribution < 1.29 is 4.74 Å². The molecule has 0 radical (unpaired) electrons. The molecule has 1 unspecified atom stereocenters. The first-order valence-corrected chi connectivity index (χ1v) is 6.93. The van der Waals surface area contributed by atoms with E-state index in [0.717, 1.165) is 5.69 Å². The lowest BCUT2D eigenvalue weighted by Gasteiger charge is -2.16. The van der Waals surface area contributed by atoms with E-state index in [4.69, 9.17) is 16.3 Å². The third-order valence-electron chi connectivity index (χ3n) is 3.00. The van der Waals surface area contributed by atoms with Gasteiger partial charge >= 0.3 is 0 Å². The second-order valence-corrected chi connectivity index (χ2v) is 4.89. The predicted molar refractivity (Wildman–Crippen MR) is 81.7 cm³/mol. The molecule has 1 N–H and O–H groups in total. The van der Waals surface area contributed by atoms with Crippen molar-refractivity contribution >= 4 is 17.3 Å². The Hall–Kier alpha value is -1.92. The van der Waals surface area contributed by atoms with Gasteiger partial charge in [-0.05, 0) is 19.1 Å². The maximum Gasteiger partial charge on any atom is 0.287 e. The van der Waals surface area contributed by atoms with Crippen molar-refractivity contribution in [3.63, 3.8) is 0 Å². The topological polar surface area (TPSA) is 69.0 Å². The van der Waals surface area contributed by atoms with Gasteiger partial charge in [0.05, 0.1) is 36.8 Å². The number of hydrogen-bond acceptors (Lipinski definition) is 5. The largest absolute Gasteiger partial charge is 0.383 e. The van der Waals surface area contributed by atoms with Crippen LogP contribution in [0.2, 0.25) is 5.02 Å². The van der Waals surface area contributed by atoms with Gasteiger partial charge in [-0.1, -0.05) is 17.7 Å². The van der Waals surface area contributed by atoms with E-state index in [1.165, 1.54) is 4.68 Å². The maximum atomic E-state index is 12.1. The van der Waals surface area contributed by atoms with E-state index in [1.807, 2.05) is 25.1 Å². The monoisotopic (exact) mass is 308 g/mol. The minimum Gasteiger partial charge on any atom is -0.383 e. The van der Waals surface area contributed by atoms with E-state index in [2.05, 4.69) is 15.4 Å². The van der Waals surface area contributed by atoms with Crippen LogP contribution in [0.25, 0.3) is 0 Å². The van der Waals surface area contributed by atoms with E-state index in [1.54, 1.807) is 19.5 Å². The highest BCUT2D eigenvalue weighted by molar-refractivity contribution is 6.32. The lowest BCUT2D eigenvalue weighted by atomic mass is 10.2. The molecule has 0 fully saturated rings. The molecule has 2 aromatic rings. The summed E-state index contributed by atoms with van der Waals surface area (Å²) in [5.74, 6) is 0. The van der Waals surface area contributed by atoms with Crippen molar-refractivity contribution in [2.45, 2.75) is 19.5 Å². The Labute approximate surface area is 127 Å². The molecule has 0 saturated carbocycles. The van der Waals surface area contributed by atoms with Crippen molar-refractivity contribution in [3.8, 4) is 0 Å². The summed E-state index contributed by atoms with van der Waals surface area (Å²) < 4.78 is 6.21. The zero-order valence-electron chi connectivity index (χ0n) is 11.9. The SMILES string of the molecule is COCCn1ncc(NC(C)c2ccccn2)c(Cl)c1=O. The van der Waals surface area contributed by atoms with E-state index in [0.29, 0.717) is 18.8 Å². The first-order chi connectivity index (χ1) is 10.1. The van der Waals surface area contributed by atoms with Crippen LogP contribution < -0.4 is 10.9 Å². The normalized spacial score (nSPS) is 12.1. The van der Waals surface area contributed by atoms with Crippen LogP contribution in [0.3, 0.4) is 0 Å². The number of nitrogens with one attached hydrogen (secondary N) is 1. The molecule has 0 aliphatic carbocycles. The molecule has 0 spiro atoms. The Bertz CT molecular complexity index is 645. The molecule has 7 heteroatoms. The number of anilines is 1. The van der Waals surface area contributed by atoms with Crippen LogP contribution in [0.1, 0.15) is 18.7 Å². The maximum absolute atomic E-state index is 12.1. The molecule has 0 bridgehead atoms. The Morgan fingerprint density at radius 2 is 2.29 bits per heavy atom. The van der Waals surface area contributed by atoms with Gasteiger partial charge in [0.1, 0.15) is 5.02 Å². The quantitative estimate of drug-likeness (QED) is 0.885. The van der Waals surface area contributed by atoms with Crippen LogP contribution in [0.4, 0.5) is 5.69 Å². The Morgan fingerprint density at radius 1 is 1.48 bits per heavy atom. The molecule has 1 atom stereocenters. The minimum absolute atomic E-state index is 0.0836. The van der Waals surface area contributed by atoms with E-state index in [-0.39, 0.29) is 16.6 Å². The molecule has 0 aromatic carbocycles. The van der Waals surface area contributed by atoms with Gasteiger partial charge in [-0.3, -0.25) is 9.78 Å². The average molecular weight is 309 g/mol. The number of aromatic nitrogens is 3. The second-order valence-electron chi connectivity index (χ2n) is 4.51. The van der Waals surface area contributed by atoms with Gasteiger partial charge in [-0.15, -0.1) is 0 Å². The van der Waals surface area contributed by atoms with E-state index >= 15 is 0 Å². The van der Waals surface area contributed by atoms with Gasteiger partial charge in [0, 0.05) is 13.3 Å². The Kier molecular flexibility index (Phi) is 5.30. The second kappa shape index (κ2) is 7.19. The molecule has 2 rings (SSSR count). The molecule has 2 aromatic heterocycles. The standard InChI is InChI=1S/C14H17ClN4O2/c1-10(11-5-3-4-6-16-11)18-12-9-17-19(7-8-21-2)14(20)13(12)15/h3-6,9-10,18H,7-8H2,1-2H3. The van der Waals surface area contributed by atoms with E-state index < -0.39 is 0 Å². The van der Waals surface area contributed by atoms with E-state index in [9.17, 15) is 4.79 Å². The minimum atomic E-state index is -0.341. The molecular formula is C14H17ClN4O2. The number of ether oxygens (including phenoxy) is 1. The molecule has 21 heavy (non-hydrogen) atoms. The third-order valence-corrected chi connectivity index (χ3v) is 3.36. The fourth-order valence-electron chi connectivity index (χ4n) is 1.84. The summed E-state index contributed by atoms with van der Waals surface area (Å²) in [5.41, 5.74) is 1.01. The van der Waals surface area contributed by atoms with Crippen molar-refractivity contribution in [3.05, 3.63) is 51.7 Å². The van der Waals surface area contributed by atoms with Crippen LogP contribution in [-0.2, 0) is 11.3 Å². The summed E-state index contributed by atoms with van der Waals surface area (Å²) in [6.45, 7) is 2.71. The lowest BCUT2D eigenvalue weighted by molar-refractivity contribution is 0.182. The summed E-state index contributed by atoms with van der Waals surface area (Å²) in [6.07, 6.45) is 3.26. The highest BCUT2D eigenvalue weighted by Crippen LogP contribution is 2.21.